The number of aromatic nitrogens is 1. The summed E-state index contributed by atoms with van der Waals surface area (Å²) in [5.41, 5.74) is -0.0691. The van der Waals surface area contributed by atoms with Crippen molar-refractivity contribution in [2.24, 2.45) is 0 Å². The second kappa shape index (κ2) is 3.39. The van der Waals surface area contributed by atoms with Gasteiger partial charge in [0, 0.05) is 23.4 Å². The molecule has 0 aliphatic heterocycles. The van der Waals surface area contributed by atoms with E-state index < -0.39 is 11.7 Å². The van der Waals surface area contributed by atoms with Crippen molar-refractivity contribution in [3.63, 3.8) is 0 Å². The molecule has 0 radical (unpaired) electrons. The number of fused-ring (bicyclic) bond motifs is 1. The van der Waals surface area contributed by atoms with Gasteiger partial charge in [0.2, 0.25) is 0 Å². The average molecular weight is 257 g/mol. The molecule has 0 atom stereocenters. The molecule has 0 unspecified atom stereocenters. The van der Waals surface area contributed by atoms with Crippen LogP contribution in [0.3, 0.4) is 0 Å². The smallest absolute Gasteiger partial charge is 0.333 e. The van der Waals surface area contributed by atoms with E-state index in [4.69, 9.17) is 0 Å². The Labute approximate surface area is 103 Å². The van der Waals surface area contributed by atoms with E-state index in [-0.39, 0.29) is 18.6 Å². The number of aryl methyl sites for hydroxylation is 1. The van der Waals surface area contributed by atoms with Crippen molar-refractivity contribution in [1.82, 2.24) is 4.57 Å². The summed E-state index contributed by atoms with van der Waals surface area (Å²) < 4.78 is 41.0. The summed E-state index contributed by atoms with van der Waals surface area (Å²) >= 11 is 0. The van der Waals surface area contributed by atoms with Gasteiger partial charge in [-0.15, -0.1) is 0 Å². The Morgan fingerprint density at radius 3 is 2.50 bits per heavy atom. The van der Waals surface area contributed by atoms with E-state index in [1.54, 1.807) is 13.0 Å². The lowest BCUT2D eigenvalue weighted by Crippen LogP contribution is -2.37. The third kappa shape index (κ3) is 1.39. The maximum Gasteiger partial charge on any atom is 0.411 e. The Kier molecular flexibility index (Phi) is 2.23. The average Bonchev–Trinajstić information content (AvgIpc) is 2.98. The van der Waals surface area contributed by atoms with Gasteiger partial charge in [-0.1, -0.05) is 0 Å². The molecule has 1 aromatic heterocycles. The van der Waals surface area contributed by atoms with Crippen LogP contribution in [0.2, 0.25) is 0 Å². The number of hydrogen-bond acceptors (Lipinski definition) is 1. The van der Waals surface area contributed by atoms with Crippen LogP contribution in [0.25, 0.3) is 0 Å². The van der Waals surface area contributed by atoms with Gasteiger partial charge in [0.25, 0.3) is 0 Å². The van der Waals surface area contributed by atoms with Crippen molar-refractivity contribution in [2.45, 2.75) is 50.7 Å². The summed E-state index contributed by atoms with van der Waals surface area (Å²) in [4.78, 5) is 11.8. The molecule has 1 heterocycles. The lowest BCUT2D eigenvalue weighted by atomic mass is 9.96. The van der Waals surface area contributed by atoms with Crippen LogP contribution in [0.5, 0.6) is 0 Å². The third-order valence-corrected chi connectivity index (χ3v) is 4.08. The molecule has 0 amide bonds. The summed E-state index contributed by atoms with van der Waals surface area (Å²) in [5.74, 6) is -0.0175. The van der Waals surface area contributed by atoms with E-state index in [1.165, 1.54) is 4.57 Å². The van der Waals surface area contributed by atoms with E-state index in [0.717, 1.165) is 0 Å². The van der Waals surface area contributed by atoms with Crippen LogP contribution in [0.4, 0.5) is 13.2 Å². The molecule has 0 spiro atoms. The molecule has 2 aliphatic carbocycles. The second-order valence-electron chi connectivity index (χ2n) is 5.29. The number of halogens is 3. The first-order valence-electron chi connectivity index (χ1n) is 6.18. The Morgan fingerprint density at radius 1 is 1.28 bits per heavy atom. The minimum atomic E-state index is -4.23. The minimum absolute atomic E-state index is 0.0175. The van der Waals surface area contributed by atoms with Gasteiger partial charge in [0.15, 0.2) is 5.78 Å². The first-order chi connectivity index (χ1) is 8.37. The number of alkyl halides is 3. The topological polar surface area (TPSA) is 22.0 Å². The van der Waals surface area contributed by atoms with Gasteiger partial charge in [-0.2, -0.15) is 13.2 Å². The van der Waals surface area contributed by atoms with Crippen LogP contribution in [-0.2, 0) is 12.0 Å². The number of ketones is 1. The van der Waals surface area contributed by atoms with E-state index >= 15 is 0 Å². The maximum absolute atomic E-state index is 13.2. The molecule has 2 aliphatic rings. The summed E-state index contributed by atoms with van der Waals surface area (Å²) in [5, 5.41) is 0. The third-order valence-electron chi connectivity index (χ3n) is 4.08. The highest BCUT2D eigenvalue weighted by atomic mass is 19.4. The SMILES string of the molecule is Cc1cc2c(n1C1(C(F)(F)F)CC1)CCCC2=O. The van der Waals surface area contributed by atoms with Crippen LogP contribution in [0, 0.1) is 6.92 Å². The fraction of sp³-hybridized carbons (Fsp3) is 0.615. The first-order valence-corrected chi connectivity index (χ1v) is 6.18. The first kappa shape index (κ1) is 11.8. The van der Waals surface area contributed by atoms with Crippen LogP contribution in [0.15, 0.2) is 6.07 Å². The van der Waals surface area contributed by atoms with Crippen molar-refractivity contribution in [3.05, 3.63) is 23.0 Å². The molecule has 1 aromatic rings. The van der Waals surface area contributed by atoms with Crippen molar-refractivity contribution < 1.29 is 18.0 Å². The molecule has 2 nitrogen and oxygen atoms in total. The Hall–Kier alpha value is -1.26. The number of nitrogens with zero attached hydrogens (tertiary/aromatic N) is 1. The number of Topliss-reactive ketones (excluding diaryl/α,β-unsaturated/α-hetero) is 1. The summed E-state index contributed by atoms with van der Waals surface area (Å²) in [6, 6.07) is 1.63. The molecule has 3 rings (SSSR count). The predicted molar refractivity (Wildman–Crippen MR) is 59.7 cm³/mol. The summed E-state index contributed by atoms with van der Waals surface area (Å²) in [6.45, 7) is 1.66. The minimum Gasteiger partial charge on any atom is -0.333 e. The Bertz CT molecular complexity index is 523. The Morgan fingerprint density at radius 2 is 1.94 bits per heavy atom. The van der Waals surface area contributed by atoms with Crippen LogP contribution in [0.1, 0.15) is 47.4 Å². The second-order valence-corrected chi connectivity index (χ2v) is 5.29. The lowest BCUT2D eigenvalue weighted by Gasteiger charge is -2.26. The van der Waals surface area contributed by atoms with Crippen molar-refractivity contribution in [2.75, 3.05) is 0 Å². The van der Waals surface area contributed by atoms with Gasteiger partial charge >= 0.3 is 6.18 Å². The molecule has 1 saturated carbocycles. The summed E-state index contributed by atoms with van der Waals surface area (Å²) in [6.07, 6.45) is -2.28. The molecule has 1 fully saturated rings. The molecule has 0 saturated heterocycles. The molecule has 0 aromatic carbocycles. The van der Waals surface area contributed by atoms with Crippen LogP contribution >= 0.6 is 0 Å². The molecular weight excluding hydrogens is 243 g/mol. The fourth-order valence-electron chi connectivity index (χ4n) is 3.08. The fourth-order valence-corrected chi connectivity index (χ4v) is 3.08. The molecule has 18 heavy (non-hydrogen) atoms. The van der Waals surface area contributed by atoms with Gasteiger partial charge in [0.1, 0.15) is 5.54 Å². The van der Waals surface area contributed by atoms with Gasteiger partial charge < -0.3 is 4.57 Å². The van der Waals surface area contributed by atoms with Gasteiger partial charge in [-0.25, -0.2) is 0 Å². The molecule has 0 N–H and O–H groups in total. The highest BCUT2D eigenvalue weighted by Gasteiger charge is 2.65. The van der Waals surface area contributed by atoms with Crippen molar-refractivity contribution in [3.8, 4) is 0 Å². The quantitative estimate of drug-likeness (QED) is 0.756. The molecular formula is C13H14F3NO. The zero-order chi connectivity index (χ0) is 13.1. The maximum atomic E-state index is 13.2. The Balaban J connectivity index is 2.17. The van der Waals surface area contributed by atoms with E-state index in [2.05, 4.69) is 0 Å². The van der Waals surface area contributed by atoms with E-state index in [9.17, 15) is 18.0 Å². The predicted octanol–water partition coefficient (Wildman–Crippen LogP) is 3.37. The number of carbonyl (C=O) groups excluding carboxylic acids is 1. The summed E-state index contributed by atoms with van der Waals surface area (Å²) in [7, 11) is 0. The van der Waals surface area contributed by atoms with Crippen LogP contribution < -0.4 is 0 Å². The highest BCUT2D eigenvalue weighted by Crippen LogP contribution is 2.57. The molecule has 98 valence electrons. The van der Waals surface area contributed by atoms with Gasteiger partial charge in [-0.3, -0.25) is 4.79 Å². The normalized spacial score (nSPS) is 21.9. The lowest BCUT2D eigenvalue weighted by molar-refractivity contribution is -0.180. The van der Waals surface area contributed by atoms with Gasteiger partial charge in [0.05, 0.1) is 0 Å². The monoisotopic (exact) mass is 257 g/mol. The standard InChI is InChI=1S/C13H14F3NO/c1-8-7-9-10(3-2-4-11(9)18)17(8)12(5-6-12)13(14,15)16/h7H,2-6H2,1H3. The number of rotatable bonds is 1. The van der Waals surface area contributed by atoms with Crippen molar-refractivity contribution in [1.29, 1.82) is 0 Å². The number of carbonyl (C=O) groups is 1. The van der Waals surface area contributed by atoms with E-state index in [0.29, 0.717) is 36.2 Å². The number of hydrogen-bond donors (Lipinski definition) is 0. The largest absolute Gasteiger partial charge is 0.411 e. The van der Waals surface area contributed by atoms with E-state index in [1.807, 2.05) is 0 Å². The highest BCUT2D eigenvalue weighted by molar-refractivity contribution is 5.98. The van der Waals surface area contributed by atoms with Gasteiger partial charge in [-0.05, 0) is 38.7 Å². The molecule has 0 bridgehead atoms. The zero-order valence-corrected chi connectivity index (χ0v) is 10.1. The zero-order valence-electron chi connectivity index (χ0n) is 10.1. The van der Waals surface area contributed by atoms with Crippen LogP contribution in [-0.4, -0.2) is 16.5 Å². The van der Waals surface area contributed by atoms with Crippen molar-refractivity contribution >= 4 is 5.78 Å². The molecule has 5 heteroatoms.